The fraction of sp³-hybridized carbons (Fsp3) is 0.700. The molecule has 1 fully saturated rings. The molecule has 1 aliphatic heterocycles. The van der Waals surface area contributed by atoms with Crippen molar-refractivity contribution in [1.29, 1.82) is 0 Å². The molecule has 0 aromatic carbocycles. The van der Waals surface area contributed by atoms with Crippen LogP contribution in [0.3, 0.4) is 0 Å². The SMILES string of the molecule is C=CCN1CCC(C)(CC(=O)O)C1. The molecule has 1 aliphatic rings. The number of hydrogen-bond donors (Lipinski definition) is 1. The quantitative estimate of drug-likeness (QED) is 0.669. The summed E-state index contributed by atoms with van der Waals surface area (Å²) >= 11 is 0. The predicted octanol–water partition coefficient (Wildman–Crippen LogP) is 1.36. The number of hydrogen-bond acceptors (Lipinski definition) is 2. The van der Waals surface area contributed by atoms with Crippen LogP contribution >= 0.6 is 0 Å². The Morgan fingerprint density at radius 3 is 3.00 bits per heavy atom. The molecule has 0 spiro atoms. The Labute approximate surface area is 79.0 Å². The van der Waals surface area contributed by atoms with Gasteiger partial charge in [-0.3, -0.25) is 9.69 Å². The van der Waals surface area contributed by atoms with E-state index in [0.717, 1.165) is 26.1 Å². The maximum atomic E-state index is 10.6. The van der Waals surface area contributed by atoms with Gasteiger partial charge < -0.3 is 5.11 Å². The first-order valence-corrected chi connectivity index (χ1v) is 4.61. The molecule has 1 saturated heterocycles. The van der Waals surface area contributed by atoms with E-state index in [-0.39, 0.29) is 11.8 Å². The molecule has 3 nitrogen and oxygen atoms in total. The molecule has 0 aliphatic carbocycles. The van der Waals surface area contributed by atoms with Crippen molar-refractivity contribution >= 4 is 5.97 Å². The van der Waals surface area contributed by atoms with Crippen molar-refractivity contribution in [3.63, 3.8) is 0 Å². The summed E-state index contributed by atoms with van der Waals surface area (Å²) in [5.74, 6) is -0.692. The van der Waals surface area contributed by atoms with Crippen LogP contribution in [0.1, 0.15) is 19.8 Å². The van der Waals surface area contributed by atoms with E-state index < -0.39 is 5.97 Å². The highest BCUT2D eigenvalue weighted by Gasteiger charge is 2.34. The van der Waals surface area contributed by atoms with Crippen molar-refractivity contribution in [2.45, 2.75) is 19.8 Å². The maximum absolute atomic E-state index is 10.6. The van der Waals surface area contributed by atoms with Crippen molar-refractivity contribution in [3.05, 3.63) is 12.7 Å². The molecule has 0 aromatic heterocycles. The minimum Gasteiger partial charge on any atom is -0.481 e. The summed E-state index contributed by atoms with van der Waals surface area (Å²) in [7, 11) is 0. The summed E-state index contributed by atoms with van der Waals surface area (Å²) < 4.78 is 0. The Balaban J connectivity index is 2.45. The smallest absolute Gasteiger partial charge is 0.303 e. The maximum Gasteiger partial charge on any atom is 0.303 e. The van der Waals surface area contributed by atoms with Gasteiger partial charge in [0.25, 0.3) is 0 Å². The van der Waals surface area contributed by atoms with Crippen molar-refractivity contribution < 1.29 is 9.90 Å². The zero-order valence-corrected chi connectivity index (χ0v) is 8.12. The zero-order valence-electron chi connectivity index (χ0n) is 8.12. The topological polar surface area (TPSA) is 40.5 Å². The molecule has 3 heteroatoms. The summed E-state index contributed by atoms with van der Waals surface area (Å²) in [6, 6.07) is 0. The highest BCUT2D eigenvalue weighted by Crippen LogP contribution is 2.32. The Morgan fingerprint density at radius 2 is 2.46 bits per heavy atom. The lowest BCUT2D eigenvalue weighted by molar-refractivity contribution is -0.139. The molecular formula is C10H17NO2. The number of nitrogens with zero attached hydrogens (tertiary/aromatic N) is 1. The van der Waals surface area contributed by atoms with Gasteiger partial charge in [0, 0.05) is 13.1 Å². The molecule has 1 heterocycles. The molecular weight excluding hydrogens is 166 g/mol. The largest absolute Gasteiger partial charge is 0.481 e. The lowest BCUT2D eigenvalue weighted by atomic mass is 9.86. The highest BCUT2D eigenvalue weighted by molar-refractivity contribution is 5.67. The highest BCUT2D eigenvalue weighted by atomic mass is 16.4. The Hall–Kier alpha value is -0.830. The average Bonchev–Trinajstić information content (AvgIpc) is 2.31. The molecule has 1 unspecified atom stereocenters. The van der Waals surface area contributed by atoms with Gasteiger partial charge in [-0.05, 0) is 18.4 Å². The first-order valence-electron chi connectivity index (χ1n) is 4.61. The van der Waals surface area contributed by atoms with Gasteiger partial charge in [-0.2, -0.15) is 0 Å². The lowest BCUT2D eigenvalue weighted by Crippen LogP contribution is -2.27. The monoisotopic (exact) mass is 183 g/mol. The second-order valence-electron chi connectivity index (χ2n) is 4.15. The van der Waals surface area contributed by atoms with Crippen LogP contribution in [0.25, 0.3) is 0 Å². The Bertz CT molecular complexity index is 215. The molecule has 1 atom stereocenters. The molecule has 1 N–H and O–H groups in total. The van der Waals surface area contributed by atoms with Gasteiger partial charge in [-0.15, -0.1) is 6.58 Å². The van der Waals surface area contributed by atoms with Crippen LogP contribution in [-0.4, -0.2) is 35.6 Å². The number of rotatable bonds is 4. The van der Waals surface area contributed by atoms with Crippen molar-refractivity contribution in [3.8, 4) is 0 Å². The van der Waals surface area contributed by atoms with Crippen LogP contribution in [0.15, 0.2) is 12.7 Å². The van der Waals surface area contributed by atoms with Gasteiger partial charge in [0.15, 0.2) is 0 Å². The number of aliphatic carboxylic acids is 1. The molecule has 0 amide bonds. The van der Waals surface area contributed by atoms with Gasteiger partial charge in [0.2, 0.25) is 0 Å². The van der Waals surface area contributed by atoms with E-state index in [4.69, 9.17) is 5.11 Å². The Morgan fingerprint density at radius 1 is 1.77 bits per heavy atom. The molecule has 0 aromatic rings. The van der Waals surface area contributed by atoms with E-state index in [1.165, 1.54) is 0 Å². The second-order valence-corrected chi connectivity index (χ2v) is 4.15. The average molecular weight is 183 g/mol. The third kappa shape index (κ3) is 2.84. The summed E-state index contributed by atoms with van der Waals surface area (Å²) in [4.78, 5) is 12.8. The van der Waals surface area contributed by atoms with Crippen molar-refractivity contribution in [1.82, 2.24) is 4.90 Å². The fourth-order valence-corrected chi connectivity index (χ4v) is 1.97. The van der Waals surface area contributed by atoms with Crippen LogP contribution in [0.4, 0.5) is 0 Å². The van der Waals surface area contributed by atoms with Crippen LogP contribution in [-0.2, 0) is 4.79 Å². The number of carboxylic acid groups (broad SMARTS) is 1. The number of likely N-dealkylation sites (tertiary alicyclic amines) is 1. The van der Waals surface area contributed by atoms with Gasteiger partial charge >= 0.3 is 5.97 Å². The predicted molar refractivity (Wildman–Crippen MR) is 51.6 cm³/mol. The van der Waals surface area contributed by atoms with Gasteiger partial charge in [-0.1, -0.05) is 13.0 Å². The minimum atomic E-state index is -0.692. The van der Waals surface area contributed by atoms with Gasteiger partial charge in [0.05, 0.1) is 6.42 Å². The summed E-state index contributed by atoms with van der Waals surface area (Å²) in [6.07, 6.45) is 3.13. The first kappa shape index (κ1) is 10.3. The Kier molecular flexibility index (Phi) is 3.09. The van der Waals surface area contributed by atoms with Crippen molar-refractivity contribution in [2.75, 3.05) is 19.6 Å². The molecule has 74 valence electrons. The van der Waals surface area contributed by atoms with Crippen molar-refractivity contribution in [2.24, 2.45) is 5.41 Å². The normalized spacial score (nSPS) is 29.0. The lowest BCUT2D eigenvalue weighted by Gasteiger charge is -2.21. The van der Waals surface area contributed by atoms with E-state index in [0.29, 0.717) is 0 Å². The van der Waals surface area contributed by atoms with Crippen LogP contribution in [0.5, 0.6) is 0 Å². The number of carbonyl (C=O) groups is 1. The number of carboxylic acids is 1. The molecule has 13 heavy (non-hydrogen) atoms. The van der Waals surface area contributed by atoms with Gasteiger partial charge in [0.1, 0.15) is 0 Å². The third-order valence-corrected chi connectivity index (χ3v) is 2.60. The van der Waals surface area contributed by atoms with E-state index >= 15 is 0 Å². The van der Waals surface area contributed by atoms with E-state index in [1.807, 2.05) is 13.0 Å². The molecule has 0 saturated carbocycles. The standard InChI is InChI=1S/C10H17NO2/c1-3-5-11-6-4-10(2,8-11)7-9(12)13/h3H,1,4-8H2,2H3,(H,12,13). The van der Waals surface area contributed by atoms with E-state index in [9.17, 15) is 4.79 Å². The zero-order chi connectivity index (χ0) is 9.90. The first-order chi connectivity index (χ1) is 6.06. The van der Waals surface area contributed by atoms with E-state index in [2.05, 4.69) is 11.5 Å². The van der Waals surface area contributed by atoms with Gasteiger partial charge in [-0.25, -0.2) is 0 Å². The fourth-order valence-electron chi connectivity index (χ4n) is 1.97. The van der Waals surface area contributed by atoms with E-state index in [1.54, 1.807) is 0 Å². The molecule has 0 radical (unpaired) electrons. The summed E-state index contributed by atoms with van der Waals surface area (Å²) in [6.45, 7) is 8.47. The molecule has 1 rings (SSSR count). The van der Waals surface area contributed by atoms with Crippen LogP contribution in [0, 0.1) is 5.41 Å². The summed E-state index contributed by atoms with van der Waals surface area (Å²) in [5, 5.41) is 8.72. The molecule has 0 bridgehead atoms. The second kappa shape index (κ2) is 3.92. The van der Waals surface area contributed by atoms with Crippen LogP contribution < -0.4 is 0 Å². The minimum absolute atomic E-state index is 0.0329. The summed E-state index contributed by atoms with van der Waals surface area (Å²) in [5.41, 5.74) is -0.0329. The van der Waals surface area contributed by atoms with Crippen LogP contribution in [0.2, 0.25) is 0 Å². The third-order valence-electron chi connectivity index (χ3n) is 2.60.